The summed E-state index contributed by atoms with van der Waals surface area (Å²) in [6, 6.07) is 21.9. The van der Waals surface area contributed by atoms with Gasteiger partial charge >= 0.3 is 6.03 Å². The molecule has 0 N–H and O–H groups in total. The molecule has 6 nitrogen and oxygen atoms in total. The van der Waals surface area contributed by atoms with Crippen molar-refractivity contribution in [1.82, 2.24) is 0 Å². The normalized spacial score (nSPS) is 21.7. The lowest BCUT2D eigenvalue weighted by molar-refractivity contribution is -0.866. The highest BCUT2D eigenvalue weighted by molar-refractivity contribution is 5.85. The van der Waals surface area contributed by atoms with Crippen molar-refractivity contribution >= 4 is 12.4 Å². The van der Waals surface area contributed by atoms with Crippen LogP contribution in [0.4, 0.5) is 0 Å². The second-order valence-electron chi connectivity index (χ2n) is 18.2. The molecule has 0 amide bonds. The summed E-state index contributed by atoms with van der Waals surface area (Å²) < 4.78 is 24.3. The van der Waals surface area contributed by atoms with Gasteiger partial charge < -0.3 is 9.47 Å². The van der Waals surface area contributed by atoms with Gasteiger partial charge in [-0.25, -0.2) is 9.13 Å². The van der Waals surface area contributed by atoms with E-state index in [9.17, 15) is 0 Å². The first-order valence-corrected chi connectivity index (χ1v) is 20.3. The molecule has 3 aliphatic heterocycles. The number of ether oxygens (including phenoxy) is 2. The van der Waals surface area contributed by atoms with Gasteiger partial charge in [0.25, 0.3) is 0 Å². The van der Waals surface area contributed by atoms with Crippen molar-refractivity contribution in [2.45, 2.75) is 148 Å². The first-order chi connectivity index (χ1) is 25.4. The molecule has 5 heterocycles. The Kier molecular flexibility index (Phi) is 9.31. The molecule has 0 bridgehead atoms. The highest BCUT2D eigenvalue weighted by Gasteiger charge is 2.76. The molecule has 4 aromatic rings. The van der Waals surface area contributed by atoms with Crippen LogP contribution in [0.2, 0.25) is 0 Å². The Morgan fingerprint density at radius 3 is 1.72 bits per heavy atom. The molecular weight excluding hydrogens is 653 g/mol. The van der Waals surface area contributed by atoms with Crippen molar-refractivity contribution in [3.05, 3.63) is 119 Å². The van der Waals surface area contributed by atoms with Crippen molar-refractivity contribution < 1.29 is 27.8 Å². The minimum Gasteiger partial charge on any atom is -0.340 e. The Morgan fingerprint density at radius 1 is 0.660 bits per heavy atom. The Balaban J connectivity index is 1.17. The van der Waals surface area contributed by atoms with Crippen LogP contribution < -0.4 is 18.6 Å². The van der Waals surface area contributed by atoms with Crippen LogP contribution in [-0.2, 0) is 23.9 Å². The minimum absolute atomic E-state index is 0.0317. The number of hydrogen-bond donors (Lipinski definition) is 0. The molecular formula is C47H60N4O2+4. The quantitative estimate of drug-likeness (QED) is 0.163. The molecule has 3 unspecified atom stereocenters. The third kappa shape index (κ3) is 6.83. The van der Waals surface area contributed by atoms with Gasteiger partial charge in [-0.15, -0.1) is 0 Å². The van der Waals surface area contributed by atoms with Gasteiger partial charge in [0.2, 0.25) is 12.1 Å². The van der Waals surface area contributed by atoms with E-state index in [1.165, 1.54) is 46.2 Å². The molecule has 2 aromatic heterocycles. The van der Waals surface area contributed by atoms with Crippen LogP contribution in [0.3, 0.4) is 0 Å². The van der Waals surface area contributed by atoms with Crippen molar-refractivity contribution in [3.8, 4) is 11.5 Å². The number of fused-ring (bicyclic) bond motifs is 5. The highest BCUT2D eigenvalue weighted by atomic mass is 16.7. The summed E-state index contributed by atoms with van der Waals surface area (Å²) in [6.45, 7) is 18.1. The predicted molar refractivity (Wildman–Crippen MR) is 210 cm³/mol. The van der Waals surface area contributed by atoms with Crippen LogP contribution >= 0.6 is 0 Å². The predicted octanol–water partition coefficient (Wildman–Crippen LogP) is 8.49. The van der Waals surface area contributed by atoms with Crippen LogP contribution in [0, 0.1) is 6.92 Å². The van der Waals surface area contributed by atoms with Crippen molar-refractivity contribution in [3.63, 3.8) is 0 Å². The Labute approximate surface area is 317 Å². The number of pyridine rings is 2. The number of aromatic nitrogens is 2. The summed E-state index contributed by atoms with van der Waals surface area (Å²) in [4.78, 5) is 0. The van der Waals surface area contributed by atoms with E-state index in [1.54, 1.807) is 0 Å². The fourth-order valence-electron chi connectivity index (χ4n) is 9.28. The smallest absolute Gasteiger partial charge is 0.340 e. The first kappa shape index (κ1) is 35.7. The van der Waals surface area contributed by atoms with Crippen LogP contribution in [0.15, 0.2) is 85.5 Å². The van der Waals surface area contributed by atoms with Gasteiger partial charge in [0.15, 0.2) is 48.7 Å². The van der Waals surface area contributed by atoms with Crippen molar-refractivity contribution in [2.24, 2.45) is 0 Å². The number of benzene rings is 2. The van der Waals surface area contributed by atoms with E-state index in [-0.39, 0.29) is 10.8 Å². The summed E-state index contributed by atoms with van der Waals surface area (Å²) in [5.74, 6) is 2.38. The van der Waals surface area contributed by atoms with Crippen LogP contribution in [0.25, 0.3) is 0 Å². The van der Waals surface area contributed by atoms with Crippen molar-refractivity contribution in [1.29, 1.82) is 0 Å². The van der Waals surface area contributed by atoms with E-state index in [2.05, 4.69) is 165 Å². The monoisotopic (exact) mass is 712 g/mol. The summed E-state index contributed by atoms with van der Waals surface area (Å²) in [6.07, 6.45) is 22.8. The van der Waals surface area contributed by atoms with E-state index in [0.717, 1.165) is 63.1 Å². The largest absolute Gasteiger partial charge is 0.704 e. The summed E-state index contributed by atoms with van der Waals surface area (Å²) >= 11 is 0. The zero-order chi connectivity index (χ0) is 37.0. The lowest BCUT2D eigenvalue weighted by Crippen LogP contribution is -2.60. The fourth-order valence-corrected chi connectivity index (χ4v) is 9.28. The highest BCUT2D eigenvalue weighted by Crippen LogP contribution is 2.48. The summed E-state index contributed by atoms with van der Waals surface area (Å²) in [5.41, 5.74) is 7.49. The Bertz CT molecular complexity index is 1990. The minimum atomic E-state index is -1.03. The maximum absolute atomic E-state index is 7.41. The van der Waals surface area contributed by atoms with Gasteiger partial charge in [-0.1, -0.05) is 75.0 Å². The molecule has 1 saturated carbocycles. The lowest BCUT2D eigenvalue weighted by atomic mass is 9.79. The second kappa shape index (κ2) is 13.8. The third-order valence-corrected chi connectivity index (χ3v) is 12.2. The number of rotatable bonds is 9. The molecule has 4 aliphatic rings. The van der Waals surface area contributed by atoms with Gasteiger partial charge in [0, 0.05) is 55.5 Å². The zero-order valence-electron chi connectivity index (χ0n) is 33.1. The number of hydrogen-bond acceptors (Lipinski definition) is 2. The maximum Gasteiger partial charge on any atom is 0.704 e. The lowest BCUT2D eigenvalue weighted by Gasteiger charge is -2.33. The third-order valence-electron chi connectivity index (χ3n) is 12.2. The molecule has 276 valence electrons. The van der Waals surface area contributed by atoms with Crippen LogP contribution in [0.1, 0.15) is 132 Å². The Hall–Kier alpha value is -4.32. The topological polar surface area (TPSA) is 32.2 Å². The molecule has 53 heavy (non-hydrogen) atoms. The van der Waals surface area contributed by atoms with E-state index in [4.69, 9.17) is 9.47 Å². The maximum atomic E-state index is 7.41. The molecule has 2 aromatic carbocycles. The molecule has 1 aliphatic carbocycles. The zero-order valence-corrected chi connectivity index (χ0v) is 33.1. The van der Waals surface area contributed by atoms with Crippen LogP contribution in [0.5, 0.6) is 11.5 Å². The van der Waals surface area contributed by atoms with Gasteiger partial charge in [-0.2, -0.15) is 0 Å². The van der Waals surface area contributed by atoms with Gasteiger partial charge in [0.05, 0.1) is 11.1 Å². The molecule has 1 saturated heterocycles. The molecule has 2 fully saturated rings. The molecule has 3 atom stereocenters. The van der Waals surface area contributed by atoms with Gasteiger partial charge in [-0.3, -0.25) is 0 Å². The average Bonchev–Trinajstić information content (AvgIpc) is 3.40. The van der Waals surface area contributed by atoms with E-state index in [0.29, 0.717) is 18.0 Å². The summed E-state index contributed by atoms with van der Waals surface area (Å²) in [5, 5.41) is 0. The number of aryl methyl sites for hydroxylation is 3. The summed E-state index contributed by atoms with van der Waals surface area (Å²) in [7, 11) is 0. The second-order valence-corrected chi connectivity index (χ2v) is 18.2. The van der Waals surface area contributed by atoms with Crippen LogP contribution in [-0.4, -0.2) is 39.7 Å². The van der Waals surface area contributed by atoms with E-state index in [1.807, 2.05) is 0 Å². The fraction of sp³-hybridized carbons (Fsp3) is 0.489. The molecule has 0 radical (unpaired) electrons. The standard InChI is InChI=1S/C47H60N4O2/c1-34-28-36(35(18-16-26-48-22-12-8-13-23-48)19-17-27-49-24-14-9-15-25-49)29-37-32-50-41-20-10-11-21-42(41)51-33-38-30-39(45(2,3)4)31-40(46(5,6)7)44(38)53-47(50,51)52-43(34)37/h8-9,12-15,22-25,28-33,35,41-42H,10-11,16-21,26-27H2,1-7H3/q+4. The molecule has 6 heteroatoms. The SMILES string of the molecule is Cc1cc(C(CCC[n+]2ccccc2)CCC[n+]2ccccc2)cc2c1OC13Oc4c(cc(C(C)(C)C)cc4C(C)(C)C)C=[N+]1C1CCCCC1[N+]3=C2. The Morgan fingerprint density at radius 2 is 1.19 bits per heavy atom. The van der Waals surface area contributed by atoms with E-state index >= 15 is 0 Å². The molecule has 1 spiro atoms. The molecule has 8 rings (SSSR count). The van der Waals surface area contributed by atoms with E-state index < -0.39 is 6.03 Å². The first-order valence-electron chi connectivity index (χ1n) is 20.3. The van der Waals surface area contributed by atoms with Crippen molar-refractivity contribution in [2.75, 3.05) is 0 Å². The van der Waals surface area contributed by atoms with Gasteiger partial charge in [-0.05, 0) is 78.2 Å². The number of nitrogens with zero attached hydrogens (tertiary/aromatic N) is 4. The average molecular weight is 713 g/mol. The van der Waals surface area contributed by atoms with Gasteiger partial charge in [0.1, 0.15) is 13.1 Å².